The molecule has 0 amide bonds. The highest BCUT2D eigenvalue weighted by atomic mass is 32.1. The third-order valence-corrected chi connectivity index (χ3v) is 4.09. The van der Waals surface area contributed by atoms with Gasteiger partial charge in [-0.25, -0.2) is 4.98 Å². The van der Waals surface area contributed by atoms with Crippen molar-refractivity contribution >= 4 is 27.8 Å². The molecule has 6 heteroatoms. The molecule has 3 aromatic heterocycles. The van der Waals surface area contributed by atoms with E-state index >= 15 is 0 Å². The first-order valence-corrected chi connectivity index (χ1v) is 7.10. The molecule has 0 N–H and O–H groups in total. The predicted molar refractivity (Wildman–Crippen MR) is 79.7 cm³/mol. The molecule has 0 aliphatic carbocycles. The van der Waals surface area contributed by atoms with E-state index in [4.69, 9.17) is 4.42 Å². The molecular weight excluding hydrogens is 274 g/mol. The monoisotopic (exact) mass is 287 g/mol. The van der Waals surface area contributed by atoms with E-state index in [1.807, 2.05) is 19.1 Å². The number of fused-ring (bicyclic) bond motifs is 1. The molecule has 0 atom stereocenters. The van der Waals surface area contributed by atoms with Crippen molar-refractivity contribution in [3.05, 3.63) is 51.3 Å². The molecule has 3 aromatic rings. The van der Waals surface area contributed by atoms with Crippen LogP contribution in [0.3, 0.4) is 0 Å². The van der Waals surface area contributed by atoms with E-state index in [2.05, 4.69) is 17.0 Å². The molecule has 0 saturated carbocycles. The minimum Gasteiger partial charge on any atom is -0.460 e. The summed E-state index contributed by atoms with van der Waals surface area (Å²) in [7, 11) is 0. The molecule has 0 bridgehead atoms. The third kappa shape index (κ3) is 2.30. The maximum absolute atomic E-state index is 12.3. The van der Waals surface area contributed by atoms with Crippen LogP contribution in [-0.4, -0.2) is 15.9 Å². The van der Waals surface area contributed by atoms with Gasteiger partial charge in [-0.15, -0.1) is 11.3 Å². The Labute approximate surface area is 119 Å². The molecule has 102 valence electrons. The summed E-state index contributed by atoms with van der Waals surface area (Å²) in [6.45, 7) is 3.91. The molecule has 0 radical (unpaired) electrons. The first-order valence-electron chi connectivity index (χ1n) is 6.28. The molecule has 5 nitrogen and oxygen atoms in total. The van der Waals surface area contributed by atoms with E-state index < -0.39 is 0 Å². The van der Waals surface area contributed by atoms with Crippen LogP contribution in [0.5, 0.6) is 0 Å². The van der Waals surface area contributed by atoms with Crippen LogP contribution in [0, 0.1) is 6.92 Å². The average Bonchev–Trinajstić information content (AvgIpc) is 3.04. The SMILES string of the molecule is CCc1cc2c(=O)n(/N=C\c3ccc(C)o3)cnc2s1. The van der Waals surface area contributed by atoms with Gasteiger partial charge in [0.15, 0.2) is 0 Å². The van der Waals surface area contributed by atoms with Gasteiger partial charge in [0.25, 0.3) is 5.56 Å². The Morgan fingerprint density at radius 1 is 1.50 bits per heavy atom. The van der Waals surface area contributed by atoms with Gasteiger partial charge in [-0.3, -0.25) is 4.79 Å². The van der Waals surface area contributed by atoms with Crippen LogP contribution in [0.2, 0.25) is 0 Å². The molecule has 3 heterocycles. The number of nitrogens with zero attached hydrogens (tertiary/aromatic N) is 3. The molecular formula is C14H13N3O2S. The van der Waals surface area contributed by atoms with E-state index in [0.717, 1.165) is 21.9 Å². The smallest absolute Gasteiger partial charge is 0.282 e. The van der Waals surface area contributed by atoms with Crippen LogP contribution in [0.1, 0.15) is 23.3 Å². The van der Waals surface area contributed by atoms with Gasteiger partial charge in [-0.1, -0.05) is 6.92 Å². The van der Waals surface area contributed by atoms with Crippen molar-refractivity contribution in [3.8, 4) is 0 Å². The second-order valence-corrected chi connectivity index (χ2v) is 5.49. The second kappa shape index (κ2) is 5.05. The summed E-state index contributed by atoms with van der Waals surface area (Å²) in [6.07, 6.45) is 3.84. The zero-order valence-corrected chi connectivity index (χ0v) is 12.0. The summed E-state index contributed by atoms with van der Waals surface area (Å²) in [5, 5.41) is 4.72. The fourth-order valence-electron chi connectivity index (χ4n) is 1.86. The molecule has 0 spiro atoms. The first-order chi connectivity index (χ1) is 9.67. The summed E-state index contributed by atoms with van der Waals surface area (Å²) in [6, 6.07) is 5.53. The zero-order valence-electron chi connectivity index (χ0n) is 11.2. The maximum Gasteiger partial charge on any atom is 0.282 e. The molecule has 0 aliphatic rings. The van der Waals surface area contributed by atoms with Crippen LogP contribution in [0.4, 0.5) is 0 Å². The Morgan fingerprint density at radius 3 is 3.05 bits per heavy atom. The van der Waals surface area contributed by atoms with E-state index in [9.17, 15) is 4.79 Å². The fraction of sp³-hybridized carbons (Fsp3) is 0.214. The highest BCUT2D eigenvalue weighted by Gasteiger charge is 2.07. The van der Waals surface area contributed by atoms with Crippen molar-refractivity contribution in [3.63, 3.8) is 0 Å². The average molecular weight is 287 g/mol. The van der Waals surface area contributed by atoms with Crippen molar-refractivity contribution in [2.75, 3.05) is 0 Å². The summed E-state index contributed by atoms with van der Waals surface area (Å²) in [4.78, 5) is 18.4. The Kier molecular flexibility index (Phi) is 3.23. The van der Waals surface area contributed by atoms with Gasteiger partial charge in [0.2, 0.25) is 0 Å². The molecule has 0 saturated heterocycles. The van der Waals surface area contributed by atoms with Crippen molar-refractivity contribution < 1.29 is 4.42 Å². The lowest BCUT2D eigenvalue weighted by Crippen LogP contribution is -2.16. The van der Waals surface area contributed by atoms with Crippen LogP contribution in [0.25, 0.3) is 10.2 Å². The van der Waals surface area contributed by atoms with Crippen molar-refractivity contribution in [1.82, 2.24) is 9.66 Å². The Balaban J connectivity index is 2.01. The van der Waals surface area contributed by atoms with Gasteiger partial charge < -0.3 is 4.42 Å². The Morgan fingerprint density at radius 2 is 2.35 bits per heavy atom. The highest BCUT2D eigenvalue weighted by Crippen LogP contribution is 2.20. The molecule has 0 fully saturated rings. The number of thiophene rings is 1. The minimum absolute atomic E-state index is 0.162. The number of hydrogen-bond acceptors (Lipinski definition) is 5. The number of aromatic nitrogens is 2. The highest BCUT2D eigenvalue weighted by molar-refractivity contribution is 7.18. The van der Waals surface area contributed by atoms with Gasteiger partial charge in [-0.05, 0) is 31.5 Å². The zero-order chi connectivity index (χ0) is 14.1. The van der Waals surface area contributed by atoms with Crippen molar-refractivity contribution in [2.24, 2.45) is 5.10 Å². The third-order valence-electron chi connectivity index (χ3n) is 2.91. The maximum atomic E-state index is 12.3. The standard InChI is InChI=1S/C14H13N3O2S/c1-3-11-6-12-13(20-11)15-8-17(14(12)18)16-7-10-5-4-9(2)19-10/h4-8H,3H2,1-2H3/b16-7-. The number of aryl methyl sites for hydroxylation is 2. The quantitative estimate of drug-likeness (QED) is 0.696. The van der Waals surface area contributed by atoms with Crippen molar-refractivity contribution in [1.29, 1.82) is 0 Å². The van der Waals surface area contributed by atoms with Gasteiger partial charge in [0.05, 0.1) is 11.6 Å². The summed E-state index contributed by atoms with van der Waals surface area (Å²) in [5.41, 5.74) is -0.162. The Hall–Kier alpha value is -2.21. The topological polar surface area (TPSA) is 60.4 Å². The molecule has 3 rings (SSSR count). The van der Waals surface area contributed by atoms with Crippen molar-refractivity contribution in [2.45, 2.75) is 20.3 Å². The van der Waals surface area contributed by atoms with Gasteiger partial charge >= 0.3 is 0 Å². The van der Waals surface area contributed by atoms with E-state index in [1.54, 1.807) is 17.4 Å². The van der Waals surface area contributed by atoms with Gasteiger partial charge in [0, 0.05) is 4.88 Å². The number of rotatable bonds is 3. The van der Waals surface area contributed by atoms with Gasteiger partial charge in [-0.2, -0.15) is 9.78 Å². The minimum atomic E-state index is -0.162. The number of furan rings is 1. The normalized spacial score (nSPS) is 11.7. The summed E-state index contributed by atoms with van der Waals surface area (Å²) in [5.74, 6) is 1.41. The molecule has 0 aromatic carbocycles. The second-order valence-electron chi connectivity index (χ2n) is 4.37. The predicted octanol–water partition coefficient (Wildman–Crippen LogP) is 2.80. The lowest BCUT2D eigenvalue weighted by Gasteiger charge is -1.95. The van der Waals surface area contributed by atoms with Crippen LogP contribution in [-0.2, 0) is 6.42 Å². The summed E-state index contributed by atoms with van der Waals surface area (Å²) >= 11 is 1.54. The fourth-order valence-corrected chi connectivity index (χ4v) is 2.79. The molecule has 0 aliphatic heterocycles. The van der Waals surface area contributed by atoms with Gasteiger partial charge in [0.1, 0.15) is 22.7 Å². The largest absolute Gasteiger partial charge is 0.460 e. The number of hydrogen-bond donors (Lipinski definition) is 0. The van der Waals surface area contributed by atoms with Crippen LogP contribution < -0.4 is 5.56 Å². The van der Waals surface area contributed by atoms with E-state index in [-0.39, 0.29) is 5.56 Å². The van der Waals surface area contributed by atoms with E-state index in [0.29, 0.717) is 11.1 Å². The lowest BCUT2D eigenvalue weighted by atomic mass is 10.3. The molecule has 0 unspecified atom stereocenters. The first kappa shape index (κ1) is 12.8. The van der Waals surface area contributed by atoms with Crippen LogP contribution in [0.15, 0.2) is 38.8 Å². The van der Waals surface area contributed by atoms with E-state index in [1.165, 1.54) is 17.2 Å². The summed E-state index contributed by atoms with van der Waals surface area (Å²) < 4.78 is 6.60. The lowest BCUT2D eigenvalue weighted by molar-refractivity contribution is 0.527. The van der Waals surface area contributed by atoms with Crippen LogP contribution >= 0.6 is 11.3 Å². The molecule has 20 heavy (non-hydrogen) atoms. The Bertz CT molecular complexity index is 842.